The van der Waals surface area contributed by atoms with Crippen LogP contribution in [-0.4, -0.2) is 32.1 Å². The van der Waals surface area contributed by atoms with Gasteiger partial charge >= 0.3 is 0 Å². The Bertz CT molecular complexity index is 479. The number of hydrogen-bond acceptors (Lipinski definition) is 4. The molecule has 0 saturated heterocycles. The van der Waals surface area contributed by atoms with Gasteiger partial charge in [-0.05, 0) is 24.8 Å². The highest BCUT2D eigenvalue weighted by Crippen LogP contribution is 2.30. The fraction of sp³-hybridized carbons (Fsp3) is 0.529. The molecule has 2 unspecified atom stereocenters. The highest BCUT2D eigenvalue weighted by molar-refractivity contribution is 6.05. The summed E-state index contributed by atoms with van der Waals surface area (Å²) in [7, 11) is 2.83. The number of Topliss-reactive ketones (excluding diaryl/α,β-unsaturated/α-hetero) is 2. The van der Waals surface area contributed by atoms with E-state index in [1.807, 2.05) is 30.3 Å². The number of rotatable bonds is 6. The van der Waals surface area contributed by atoms with Crippen LogP contribution in [0.5, 0.6) is 0 Å². The lowest BCUT2D eigenvalue weighted by Gasteiger charge is -2.28. The average molecular weight is 290 g/mol. The zero-order valence-electron chi connectivity index (χ0n) is 12.6. The van der Waals surface area contributed by atoms with Crippen molar-refractivity contribution in [3.8, 4) is 0 Å². The molecule has 1 fully saturated rings. The molecule has 0 aromatic heterocycles. The Kier molecular flexibility index (Phi) is 5.65. The average Bonchev–Trinajstić information content (AvgIpc) is 2.51. The van der Waals surface area contributed by atoms with Gasteiger partial charge in [0.05, 0.1) is 5.92 Å². The van der Waals surface area contributed by atoms with Crippen molar-refractivity contribution in [1.82, 2.24) is 0 Å². The van der Waals surface area contributed by atoms with Crippen LogP contribution in [0, 0.1) is 11.8 Å². The van der Waals surface area contributed by atoms with Crippen molar-refractivity contribution in [3.05, 3.63) is 35.9 Å². The van der Waals surface area contributed by atoms with Crippen molar-refractivity contribution in [2.24, 2.45) is 11.8 Å². The Morgan fingerprint density at radius 3 is 2.48 bits per heavy atom. The molecular weight excluding hydrogens is 268 g/mol. The van der Waals surface area contributed by atoms with E-state index < -0.39 is 12.2 Å². The summed E-state index contributed by atoms with van der Waals surface area (Å²) in [5.74, 6) is -0.876. The van der Waals surface area contributed by atoms with Crippen molar-refractivity contribution < 1.29 is 19.1 Å². The summed E-state index contributed by atoms with van der Waals surface area (Å²) in [5.41, 5.74) is 1.14. The van der Waals surface area contributed by atoms with Crippen molar-refractivity contribution >= 4 is 11.6 Å². The first-order valence-corrected chi connectivity index (χ1v) is 7.34. The summed E-state index contributed by atoms with van der Waals surface area (Å²) in [6.45, 7) is 0. The van der Waals surface area contributed by atoms with Crippen LogP contribution in [0.25, 0.3) is 0 Å². The summed E-state index contributed by atoms with van der Waals surface area (Å²) in [4.78, 5) is 24.9. The van der Waals surface area contributed by atoms with E-state index in [2.05, 4.69) is 0 Å². The van der Waals surface area contributed by atoms with Gasteiger partial charge in [-0.2, -0.15) is 0 Å². The first kappa shape index (κ1) is 15.9. The fourth-order valence-corrected chi connectivity index (χ4v) is 3.01. The molecular formula is C17H22O4. The molecule has 2 rings (SSSR count). The van der Waals surface area contributed by atoms with Crippen LogP contribution in [0.4, 0.5) is 0 Å². The quantitative estimate of drug-likeness (QED) is 0.596. The van der Waals surface area contributed by atoms with Gasteiger partial charge in [-0.15, -0.1) is 0 Å². The molecule has 0 aliphatic heterocycles. The van der Waals surface area contributed by atoms with Crippen LogP contribution in [0.2, 0.25) is 0 Å². The summed E-state index contributed by atoms with van der Waals surface area (Å²) in [6, 6.07) is 9.94. The van der Waals surface area contributed by atoms with E-state index in [4.69, 9.17) is 9.47 Å². The van der Waals surface area contributed by atoms with Crippen LogP contribution < -0.4 is 0 Å². The third kappa shape index (κ3) is 3.77. The summed E-state index contributed by atoms with van der Waals surface area (Å²) in [6.07, 6.45) is 2.11. The monoisotopic (exact) mass is 290 g/mol. The van der Waals surface area contributed by atoms with Crippen molar-refractivity contribution in [2.75, 3.05) is 14.2 Å². The summed E-state index contributed by atoms with van der Waals surface area (Å²) in [5, 5.41) is 0. The van der Waals surface area contributed by atoms with Crippen molar-refractivity contribution in [1.29, 1.82) is 0 Å². The second kappa shape index (κ2) is 7.48. The molecule has 1 aliphatic rings. The molecule has 1 aromatic rings. The maximum Gasteiger partial charge on any atom is 0.218 e. The smallest absolute Gasteiger partial charge is 0.218 e. The second-order valence-corrected chi connectivity index (χ2v) is 5.48. The molecule has 2 atom stereocenters. The van der Waals surface area contributed by atoms with Crippen molar-refractivity contribution in [3.63, 3.8) is 0 Å². The molecule has 4 heteroatoms. The lowest BCUT2D eigenvalue weighted by molar-refractivity contribution is -0.164. The van der Waals surface area contributed by atoms with Gasteiger partial charge in [0.25, 0.3) is 0 Å². The largest absolute Gasteiger partial charge is 0.349 e. The van der Waals surface area contributed by atoms with E-state index in [1.165, 1.54) is 14.2 Å². The van der Waals surface area contributed by atoms with Crippen LogP contribution in [0.1, 0.15) is 24.8 Å². The van der Waals surface area contributed by atoms with E-state index in [0.717, 1.165) is 18.4 Å². The molecule has 0 spiro atoms. The Hall–Kier alpha value is -1.52. The normalized spacial score (nSPS) is 22.5. The Morgan fingerprint density at radius 2 is 1.86 bits per heavy atom. The molecule has 1 aromatic carbocycles. The number of benzene rings is 1. The lowest BCUT2D eigenvalue weighted by atomic mass is 9.75. The fourth-order valence-electron chi connectivity index (χ4n) is 3.01. The van der Waals surface area contributed by atoms with Gasteiger partial charge in [0.2, 0.25) is 6.29 Å². The highest BCUT2D eigenvalue weighted by atomic mass is 16.7. The first-order chi connectivity index (χ1) is 10.2. The second-order valence-electron chi connectivity index (χ2n) is 5.48. The van der Waals surface area contributed by atoms with Gasteiger partial charge < -0.3 is 9.47 Å². The zero-order chi connectivity index (χ0) is 15.2. The molecule has 1 saturated carbocycles. The van der Waals surface area contributed by atoms with Crippen molar-refractivity contribution in [2.45, 2.75) is 32.0 Å². The Balaban J connectivity index is 2.06. The molecule has 21 heavy (non-hydrogen) atoms. The topological polar surface area (TPSA) is 52.6 Å². The SMILES string of the molecule is COC(OC)C(=O)C1CCCC(Cc2ccccc2)C1=O. The number of carbonyl (C=O) groups excluding carboxylic acids is 2. The van der Waals surface area contributed by atoms with E-state index in [0.29, 0.717) is 12.8 Å². The lowest BCUT2D eigenvalue weighted by Crippen LogP contribution is -2.41. The predicted molar refractivity (Wildman–Crippen MR) is 78.8 cm³/mol. The highest BCUT2D eigenvalue weighted by Gasteiger charge is 2.38. The van der Waals surface area contributed by atoms with E-state index >= 15 is 0 Å². The number of ketones is 2. The Labute approximate surface area is 125 Å². The van der Waals surface area contributed by atoms with Crippen LogP contribution in [0.3, 0.4) is 0 Å². The molecule has 0 N–H and O–H groups in total. The number of methoxy groups -OCH3 is 2. The molecule has 1 aliphatic carbocycles. The van der Waals surface area contributed by atoms with Gasteiger partial charge in [0.15, 0.2) is 5.78 Å². The van der Waals surface area contributed by atoms with Gasteiger partial charge in [-0.3, -0.25) is 9.59 Å². The van der Waals surface area contributed by atoms with Gasteiger partial charge in [0.1, 0.15) is 5.78 Å². The predicted octanol–water partition coefficient (Wildman–Crippen LogP) is 2.40. The third-order valence-corrected chi connectivity index (χ3v) is 4.12. The minimum atomic E-state index is -0.936. The third-order valence-electron chi connectivity index (χ3n) is 4.12. The number of hydrogen-bond donors (Lipinski definition) is 0. The standard InChI is InChI=1S/C17H22O4/c1-20-17(21-2)16(19)14-10-6-9-13(15(14)18)11-12-7-4-3-5-8-12/h3-5,7-8,13-14,17H,6,9-11H2,1-2H3. The number of ether oxygens (including phenoxy) is 2. The van der Waals surface area contributed by atoms with Gasteiger partial charge in [-0.1, -0.05) is 36.8 Å². The maximum atomic E-state index is 12.6. The maximum absolute atomic E-state index is 12.6. The minimum Gasteiger partial charge on any atom is -0.349 e. The molecule has 0 radical (unpaired) electrons. The Morgan fingerprint density at radius 1 is 1.19 bits per heavy atom. The molecule has 114 valence electrons. The van der Waals surface area contributed by atoms with Crippen LogP contribution in [0.15, 0.2) is 30.3 Å². The summed E-state index contributed by atoms with van der Waals surface area (Å²) >= 11 is 0. The van der Waals surface area contributed by atoms with Crippen LogP contribution >= 0.6 is 0 Å². The first-order valence-electron chi connectivity index (χ1n) is 7.34. The number of carbonyl (C=O) groups is 2. The summed E-state index contributed by atoms with van der Waals surface area (Å²) < 4.78 is 9.98. The van der Waals surface area contributed by atoms with Crippen LogP contribution in [-0.2, 0) is 25.5 Å². The molecule has 4 nitrogen and oxygen atoms in total. The van der Waals surface area contributed by atoms with Gasteiger partial charge in [-0.25, -0.2) is 0 Å². The zero-order valence-corrected chi connectivity index (χ0v) is 12.6. The van der Waals surface area contributed by atoms with E-state index in [1.54, 1.807) is 0 Å². The minimum absolute atomic E-state index is 0.0363. The van der Waals surface area contributed by atoms with E-state index in [9.17, 15) is 9.59 Å². The van der Waals surface area contributed by atoms with E-state index in [-0.39, 0.29) is 17.5 Å². The molecule has 0 amide bonds. The van der Waals surface area contributed by atoms with Gasteiger partial charge in [0, 0.05) is 20.1 Å². The molecule has 0 bridgehead atoms. The molecule has 0 heterocycles.